The van der Waals surface area contributed by atoms with E-state index in [4.69, 9.17) is 0 Å². The highest BCUT2D eigenvalue weighted by molar-refractivity contribution is 7.99. The van der Waals surface area contributed by atoms with Crippen molar-refractivity contribution in [3.8, 4) is 0 Å². The van der Waals surface area contributed by atoms with Gasteiger partial charge >= 0.3 is 0 Å². The second kappa shape index (κ2) is 8.53. The summed E-state index contributed by atoms with van der Waals surface area (Å²) in [5.41, 5.74) is 5.71. The van der Waals surface area contributed by atoms with Gasteiger partial charge in [-0.1, -0.05) is 75.3 Å². The number of benzene rings is 2. The Morgan fingerprint density at radius 3 is 1.43 bits per heavy atom. The van der Waals surface area contributed by atoms with Gasteiger partial charge in [-0.2, -0.15) is 0 Å². The molecule has 2 fully saturated rings. The fraction of sp³-hybridized carbons (Fsp3) is 0.538. The fourth-order valence-corrected chi connectivity index (χ4v) is 6.54. The van der Waals surface area contributed by atoms with Gasteiger partial charge in [-0.05, 0) is 72.9 Å². The Morgan fingerprint density at radius 1 is 0.571 bits per heavy atom. The van der Waals surface area contributed by atoms with E-state index in [1.807, 2.05) is 11.8 Å². The minimum atomic E-state index is 0.770. The third-order valence-corrected chi connectivity index (χ3v) is 8.27. The van der Waals surface area contributed by atoms with E-state index in [1.54, 1.807) is 11.1 Å². The maximum absolute atomic E-state index is 3.70. The Kier molecular flexibility index (Phi) is 5.67. The number of rotatable bonds is 2. The molecule has 1 nitrogen and oxygen atoms in total. The lowest BCUT2D eigenvalue weighted by Gasteiger charge is -2.25. The van der Waals surface area contributed by atoms with E-state index >= 15 is 0 Å². The van der Waals surface area contributed by atoms with Crippen molar-refractivity contribution in [1.82, 2.24) is 0 Å². The number of anilines is 2. The van der Waals surface area contributed by atoms with Crippen LogP contribution in [0.5, 0.6) is 0 Å². The molecule has 0 aromatic heterocycles. The molecule has 0 atom stereocenters. The van der Waals surface area contributed by atoms with E-state index in [0.717, 1.165) is 11.8 Å². The summed E-state index contributed by atoms with van der Waals surface area (Å²) in [5.74, 6) is 1.54. The summed E-state index contributed by atoms with van der Waals surface area (Å²) in [6, 6.07) is 14.4. The van der Waals surface area contributed by atoms with Crippen LogP contribution in [0.3, 0.4) is 0 Å². The van der Waals surface area contributed by atoms with Gasteiger partial charge in [-0.3, -0.25) is 0 Å². The quantitative estimate of drug-likeness (QED) is 0.438. The number of hydrogen-bond acceptors (Lipinski definition) is 2. The Bertz CT molecular complexity index is 744. The normalized spacial score (nSPS) is 21.1. The van der Waals surface area contributed by atoms with Gasteiger partial charge in [0.15, 0.2) is 0 Å². The lowest BCUT2D eigenvalue weighted by Crippen LogP contribution is -2.04. The maximum atomic E-state index is 3.70. The molecular weight excluding hydrogens is 358 g/mol. The van der Waals surface area contributed by atoms with Crippen LogP contribution in [-0.2, 0) is 0 Å². The van der Waals surface area contributed by atoms with Crippen LogP contribution in [0.1, 0.15) is 100 Å². The van der Waals surface area contributed by atoms with Crippen LogP contribution in [0.4, 0.5) is 11.4 Å². The molecule has 2 aliphatic carbocycles. The van der Waals surface area contributed by atoms with Crippen molar-refractivity contribution in [2.75, 3.05) is 5.32 Å². The molecule has 0 spiro atoms. The molecule has 3 aliphatic rings. The second-order valence-electron chi connectivity index (χ2n) is 9.12. The van der Waals surface area contributed by atoms with Gasteiger partial charge < -0.3 is 5.32 Å². The molecule has 2 saturated carbocycles. The van der Waals surface area contributed by atoms with Crippen molar-refractivity contribution >= 4 is 23.1 Å². The average Bonchev–Trinajstić information content (AvgIpc) is 3.17. The summed E-state index contributed by atoms with van der Waals surface area (Å²) < 4.78 is 0. The van der Waals surface area contributed by atoms with Gasteiger partial charge in [0.25, 0.3) is 0 Å². The molecule has 0 unspecified atom stereocenters. The van der Waals surface area contributed by atoms with Crippen LogP contribution in [0.2, 0.25) is 0 Å². The average molecular weight is 392 g/mol. The Labute approximate surface area is 174 Å². The predicted molar refractivity (Wildman–Crippen MR) is 121 cm³/mol. The monoisotopic (exact) mass is 391 g/mol. The smallest absolute Gasteiger partial charge is 0.0526 e. The molecule has 2 aromatic rings. The molecule has 2 heteroatoms. The van der Waals surface area contributed by atoms with Crippen molar-refractivity contribution in [1.29, 1.82) is 0 Å². The van der Waals surface area contributed by atoms with Crippen molar-refractivity contribution < 1.29 is 0 Å². The molecule has 148 valence electrons. The molecule has 28 heavy (non-hydrogen) atoms. The summed E-state index contributed by atoms with van der Waals surface area (Å²) in [4.78, 5) is 2.85. The van der Waals surface area contributed by atoms with Crippen LogP contribution in [0.15, 0.2) is 46.2 Å². The largest absolute Gasteiger partial charge is 0.354 e. The molecule has 1 N–H and O–H groups in total. The fourth-order valence-electron chi connectivity index (χ4n) is 5.45. The second-order valence-corrected chi connectivity index (χ2v) is 10.2. The minimum Gasteiger partial charge on any atom is -0.354 e. The van der Waals surface area contributed by atoms with Gasteiger partial charge in [0.1, 0.15) is 0 Å². The van der Waals surface area contributed by atoms with Crippen LogP contribution in [0.25, 0.3) is 0 Å². The zero-order valence-corrected chi connectivity index (χ0v) is 17.8. The number of fused-ring (bicyclic) bond motifs is 2. The highest BCUT2D eigenvalue weighted by atomic mass is 32.2. The highest BCUT2D eigenvalue weighted by Crippen LogP contribution is 2.47. The third kappa shape index (κ3) is 3.99. The molecule has 0 radical (unpaired) electrons. The van der Waals surface area contributed by atoms with Crippen molar-refractivity contribution in [2.24, 2.45) is 0 Å². The van der Waals surface area contributed by atoms with E-state index in [1.165, 1.54) is 98.2 Å². The highest BCUT2D eigenvalue weighted by Gasteiger charge is 2.22. The first-order valence-electron chi connectivity index (χ1n) is 11.6. The third-order valence-electron chi connectivity index (χ3n) is 7.15. The topological polar surface area (TPSA) is 12.0 Å². The van der Waals surface area contributed by atoms with E-state index in [0.29, 0.717) is 0 Å². The van der Waals surface area contributed by atoms with Crippen LogP contribution >= 0.6 is 11.8 Å². The van der Waals surface area contributed by atoms with Crippen molar-refractivity contribution in [2.45, 2.75) is 98.7 Å². The first-order chi connectivity index (χ1) is 13.9. The van der Waals surface area contributed by atoms with Crippen LogP contribution < -0.4 is 5.32 Å². The Balaban J connectivity index is 1.38. The lowest BCUT2D eigenvalue weighted by atomic mass is 9.91. The van der Waals surface area contributed by atoms with Gasteiger partial charge in [0.2, 0.25) is 0 Å². The number of hydrogen-bond donors (Lipinski definition) is 1. The first kappa shape index (κ1) is 18.6. The molecule has 2 aromatic carbocycles. The molecule has 1 aliphatic heterocycles. The van der Waals surface area contributed by atoms with Crippen molar-refractivity contribution in [3.05, 3.63) is 47.5 Å². The zero-order chi connectivity index (χ0) is 18.8. The summed E-state index contributed by atoms with van der Waals surface area (Å²) in [6.45, 7) is 0. The summed E-state index contributed by atoms with van der Waals surface area (Å²) in [6.07, 6.45) is 16.8. The molecule has 0 amide bonds. The van der Waals surface area contributed by atoms with Crippen LogP contribution in [-0.4, -0.2) is 0 Å². The molecule has 0 bridgehead atoms. The summed E-state index contributed by atoms with van der Waals surface area (Å²) in [7, 11) is 0. The Hall–Kier alpha value is -1.41. The van der Waals surface area contributed by atoms with E-state index < -0.39 is 0 Å². The van der Waals surface area contributed by atoms with E-state index in [2.05, 4.69) is 41.7 Å². The minimum absolute atomic E-state index is 0.770. The standard InChI is InChI=1S/C26H33NS/c1-2-6-10-19(9-5-1)21-13-15-23-25(17-21)28-26-18-22(14-16-24(26)27-23)20-11-7-3-4-8-12-20/h13-20,27H,1-12H2. The van der Waals surface area contributed by atoms with Crippen LogP contribution in [0, 0.1) is 0 Å². The molecule has 1 heterocycles. The van der Waals surface area contributed by atoms with Gasteiger partial charge in [-0.15, -0.1) is 0 Å². The number of nitrogens with one attached hydrogen (secondary N) is 1. The first-order valence-corrected chi connectivity index (χ1v) is 12.4. The Morgan fingerprint density at radius 2 is 1.00 bits per heavy atom. The van der Waals surface area contributed by atoms with E-state index in [9.17, 15) is 0 Å². The van der Waals surface area contributed by atoms with Gasteiger partial charge in [0.05, 0.1) is 11.4 Å². The maximum Gasteiger partial charge on any atom is 0.0526 e. The SMILES string of the molecule is c1cc2c(cc1C1CCCCCC1)Sc1cc(C3CCCCCC3)ccc1N2. The summed E-state index contributed by atoms with van der Waals surface area (Å²) >= 11 is 1.99. The molecule has 0 saturated heterocycles. The molecule has 5 rings (SSSR count). The summed E-state index contributed by atoms with van der Waals surface area (Å²) in [5, 5.41) is 3.70. The molecular formula is C26H33NS. The predicted octanol–water partition coefficient (Wildman–Crippen LogP) is 8.77. The lowest BCUT2D eigenvalue weighted by molar-refractivity contribution is 0.591. The van der Waals surface area contributed by atoms with E-state index in [-0.39, 0.29) is 0 Å². The van der Waals surface area contributed by atoms with Crippen molar-refractivity contribution in [3.63, 3.8) is 0 Å². The van der Waals surface area contributed by atoms with Gasteiger partial charge in [0, 0.05) is 9.79 Å². The zero-order valence-electron chi connectivity index (χ0n) is 17.0. The van der Waals surface area contributed by atoms with Gasteiger partial charge in [-0.25, -0.2) is 0 Å².